The summed E-state index contributed by atoms with van der Waals surface area (Å²) in [7, 11) is 0. The first-order chi connectivity index (χ1) is 10.7. The van der Waals surface area contributed by atoms with Crippen LogP contribution in [0.25, 0.3) is 0 Å². The van der Waals surface area contributed by atoms with Gasteiger partial charge in [0.2, 0.25) is 0 Å². The van der Waals surface area contributed by atoms with Gasteiger partial charge >= 0.3 is 6.09 Å². The van der Waals surface area contributed by atoms with Crippen LogP contribution in [0.4, 0.5) is 9.18 Å². The number of carbonyl (C=O) groups is 2. The van der Waals surface area contributed by atoms with Gasteiger partial charge in [0.05, 0.1) is 18.6 Å². The van der Waals surface area contributed by atoms with E-state index in [1.54, 1.807) is 45.9 Å². The third kappa shape index (κ3) is 3.52. The summed E-state index contributed by atoms with van der Waals surface area (Å²) in [5, 5.41) is 2.68. The van der Waals surface area contributed by atoms with Gasteiger partial charge in [-0.15, -0.1) is 0 Å². The van der Waals surface area contributed by atoms with Gasteiger partial charge in [0, 0.05) is 5.56 Å². The highest BCUT2D eigenvalue weighted by atomic mass is 19.1. The minimum Gasteiger partial charge on any atom is -0.444 e. The average molecular weight is 323 g/mol. The summed E-state index contributed by atoms with van der Waals surface area (Å²) in [6.07, 6.45) is -0.464. The summed E-state index contributed by atoms with van der Waals surface area (Å²) < 4.78 is 25.2. The van der Waals surface area contributed by atoms with Gasteiger partial charge in [0.1, 0.15) is 23.2 Å². The molecule has 1 N–H and O–H groups in total. The Labute approximate surface area is 135 Å². The fraction of sp³-hybridized carbons (Fsp3) is 0.529. The third-order valence-corrected chi connectivity index (χ3v) is 3.87. The Morgan fingerprint density at radius 3 is 2.65 bits per heavy atom. The van der Waals surface area contributed by atoms with Crippen LogP contribution in [0.1, 0.15) is 33.3 Å². The molecule has 1 aliphatic heterocycles. The lowest BCUT2D eigenvalue weighted by Gasteiger charge is -2.34. The standard InChI is InChI=1S/C17H22FNO4/c1-11-13(9-20)17(10-22-11,12-7-5-6-8-14(12)18)19-15(21)23-16(2,3)4/h5-9,11,13H,10H2,1-4H3,(H,19,21)/t11?,13-,17-/m1/s1. The lowest BCUT2D eigenvalue weighted by atomic mass is 9.78. The number of amides is 1. The highest BCUT2D eigenvalue weighted by molar-refractivity contribution is 5.72. The molecule has 1 aliphatic rings. The molecule has 1 unspecified atom stereocenters. The van der Waals surface area contributed by atoms with Crippen LogP contribution in [-0.2, 0) is 19.8 Å². The summed E-state index contributed by atoms with van der Waals surface area (Å²) >= 11 is 0. The van der Waals surface area contributed by atoms with Crippen LogP contribution in [0.15, 0.2) is 24.3 Å². The van der Waals surface area contributed by atoms with E-state index in [4.69, 9.17) is 9.47 Å². The van der Waals surface area contributed by atoms with Gasteiger partial charge in [-0.05, 0) is 33.8 Å². The van der Waals surface area contributed by atoms with Gasteiger partial charge < -0.3 is 19.6 Å². The molecule has 23 heavy (non-hydrogen) atoms. The second-order valence-electron chi connectivity index (χ2n) is 6.76. The third-order valence-electron chi connectivity index (χ3n) is 3.87. The van der Waals surface area contributed by atoms with Gasteiger partial charge in [-0.2, -0.15) is 0 Å². The Balaban J connectivity index is 2.43. The summed E-state index contributed by atoms with van der Waals surface area (Å²) in [4.78, 5) is 23.8. The average Bonchev–Trinajstić information content (AvgIpc) is 2.74. The molecule has 0 spiro atoms. The second kappa shape index (κ2) is 6.28. The number of ether oxygens (including phenoxy) is 2. The largest absolute Gasteiger partial charge is 0.444 e. The van der Waals surface area contributed by atoms with E-state index >= 15 is 0 Å². The number of nitrogens with one attached hydrogen (secondary N) is 1. The number of alkyl carbamates (subject to hydrolysis) is 1. The van der Waals surface area contributed by atoms with Gasteiger partial charge in [0.15, 0.2) is 0 Å². The first-order valence-electron chi connectivity index (χ1n) is 7.53. The van der Waals surface area contributed by atoms with Crippen LogP contribution in [-0.4, -0.2) is 30.7 Å². The predicted octanol–water partition coefficient (Wildman–Crippen LogP) is 2.78. The Bertz CT molecular complexity index is 599. The van der Waals surface area contributed by atoms with Crippen molar-refractivity contribution >= 4 is 12.4 Å². The maximum atomic E-state index is 14.3. The van der Waals surface area contributed by atoms with E-state index in [2.05, 4.69) is 5.32 Å². The van der Waals surface area contributed by atoms with Crippen molar-refractivity contribution in [1.29, 1.82) is 0 Å². The SMILES string of the molecule is CC1OC[C@@](NC(=O)OC(C)(C)C)(c2ccccc2F)[C@@H]1C=O. The quantitative estimate of drug-likeness (QED) is 0.869. The van der Waals surface area contributed by atoms with Gasteiger partial charge in [-0.1, -0.05) is 18.2 Å². The van der Waals surface area contributed by atoms with E-state index in [1.807, 2.05) is 0 Å². The molecule has 1 amide bonds. The zero-order valence-corrected chi connectivity index (χ0v) is 13.8. The van der Waals surface area contributed by atoms with E-state index in [1.165, 1.54) is 6.07 Å². The number of halogens is 1. The molecule has 0 saturated carbocycles. The maximum Gasteiger partial charge on any atom is 0.408 e. The van der Waals surface area contributed by atoms with Crippen molar-refractivity contribution in [2.24, 2.45) is 5.92 Å². The van der Waals surface area contributed by atoms with Gasteiger partial charge in [0.25, 0.3) is 0 Å². The summed E-state index contributed by atoms with van der Waals surface area (Å²) in [5.41, 5.74) is -1.77. The lowest BCUT2D eigenvalue weighted by Crippen LogP contribution is -2.54. The Hall–Kier alpha value is -1.95. The van der Waals surface area contributed by atoms with Crippen molar-refractivity contribution < 1.29 is 23.5 Å². The number of rotatable bonds is 3. The summed E-state index contributed by atoms with van der Waals surface area (Å²) in [5.74, 6) is -1.22. The van der Waals surface area contributed by atoms with Crippen LogP contribution in [0.3, 0.4) is 0 Å². The number of hydrogen-bond donors (Lipinski definition) is 1. The van der Waals surface area contributed by atoms with Crippen LogP contribution < -0.4 is 5.32 Å². The molecule has 2 rings (SSSR count). The van der Waals surface area contributed by atoms with E-state index in [9.17, 15) is 14.0 Å². The zero-order chi connectivity index (χ0) is 17.3. The molecular formula is C17H22FNO4. The molecule has 1 fully saturated rings. The van der Waals surface area contributed by atoms with Crippen molar-refractivity contribution in [2.45, 2.75) is 44.9 Å². The highest BCUT2D eigenvalue weighted by Crippen LogP contribution is 2.39. The summed E-state index contributed by atoms with van der Waals surface area (Å²) in [6.45, 7) is 6.91. The highest BCUT2D eigenvalue weighted by Gasteiger charge is 2.52. The van der Waals surface area contributed by atoms with Gasteiger partial charge in [-0.3, -0.25) is 0 Å². The zero-order valence-electron chi connectivity index (χ0n) is 13.8. The molecule has 5 nitrogen and oxygen atoms in total. The van der Waals surface area contributed by atoms with Crippen LogP contribution in [0.2, 0.25) is 0 Å². The van der Waals surface area contributed by atoms with E-state index in [-0.39, 0.29) is 12.2 Å². The second-order valence-corrected chi connectivity index (χ2v) is 6.76. The fourth-order valence-electron chi connectivity index (χ4n) is 2.84. The lowest BCUT2D eigenvalue weighted by molar-refractivity contribution is -0.113. The number of hydrogen-bond acceptors (Lipinski definition) is 4. The Morgan fingerprint density at radius 2 is 2.09 bits per heavy atom. The molecule has 3 atom stereocenters. The number of carbonyl (C=O) groups excluding carboxylic acids is 2. The van der Waals surface area contributed by atoms with Crippen molar-refractivity contribution in [3.8, 4) is 0 Å². The molecule has 0 aliphatic carbocycles. The molecule has 1 saturated heterocycles. The van der Waals surface area contributed by atoms with E-state index < -0.39 is 35.1 Å². The smallest absolute Gasteiger partial charge is 0.408 e. The minimum atomic E-state index is -1.28. The van der Waals surface area contributed by atoms with Crippen LogP contribution >= 0.6 is 0 Å². The number of aldehydes is 1. The molecule has 1 aromatic rings. The van der Waals surface area contributed by atoms with Crippen molar-refractivity contribution in [1.82, 2.24) is 5.32 Å². The van der Waals surface area contributed by atoms with Crippen molar-refractivity contribution in [2.75, 3.05) is 6.61 Å². The molecule has 0 aromatic heterocycles. The topological polar surface area (TPSA) is 64.6 Å². The molecule has 1 aromatic carbocycles. The molecule has 126 valence electrons. The summed E-state index contributed by atoms with van der Waals surface area (Å²) in [6, 6.07) is 6.04. The van der Waals surface area contributed by atoms with Crippen molar-refractivity contribution in [3.05, 3.63) is 35.6 Å². The van der Waals surface area contributed by atoms with Gasteiger partial charge in [-0.25, -0.2) is 9.18 Å². The van der Waals surface area contributed by atoms with E-state index in [0.29, 0.717) is 6.29 Å². The van der Waals surface area contributed by atoms with E-state index in [0.717, 1.165) is 0 Å². The van der Waals surface area contributed by atoms with Crippen molar-refractivity contribution in [3.63, 3.8) is 0 Å². The van der Waals surface area contributed by atoms with Crippen LogP contribution in [0, 0.1) is 11.7 Å². The fourth-order valence-corrected chi connectivity index (χ4v) is 2.84. The Kier molecular flexibility index (Phi) is 4.75. The first-order valence-corrected chi connectivity index (χ1v) is 7.53. The Morgan fingerprint density at radius 1 is 1.43 bits per heavy atom. The normalized spacial score (nSPS) is 27.5. The first kappa shape index (κ1) is 17.4. The minimum absolute atomic E-state index is 0.00223. The monoisotopic (exact) mass is 323 g/mol. The van der Waals surface area contributed by atoms with Crippen LogP contribution in [0.5, 0.6) is 0 Å². The molecule has 1 heterocycles. The maximum absolute atomic E-state index is 14.3. The molecule has 6 heteroatoms. The molecule has 0 bridgehead atoms. The number of benzene rings is 1. The molecular weight excluding hydrogens is 301 g/mol. The molecule has 0 radical (unpaired) electrons. The predicted molar refractivity (Wildman–Crippen MR) is 82.4 cm³/mol.